The van der Waals surface area contributed by atoms with Crippen molar-refractivity contribution in [1.29, 1.82) is 0 Å². The molecule has 1 aliphatic heterocycles. The van der Waals surface area contributed by atoms with Crippen LogP contribution in [-0.4, -0.2) is 43.2 Å². The van der Waals surface area contributed by atoms with E-state index in [0.717, 1.165) is 26.1 Å². The number of anilines is 2. The van der Waals surface area contributed by atoms with Gasteiger partial charge in [-0.15, -0.1) is 0 Å². The van der Waals surface area contributed by atoms with Gasteiger partial charge in [0.15, 0.2) is 11.5 Å². The lowest BCUT2D eigenvalue weighted by Crippen LogP contribution is -2.20. The first kappa shape index (κ1) is 17.1. The Balaban J connectivity index is 1.60. The first-order valence-electron chi connectivity index (χ1n) is 8.11. The van der Waals surface area contributed by atoms with Crippen LogP contribution in [0.3, 0.4) is 0 Å². The van der Waals surface area contributed by atoms with Crippen LogP contribution in [0, 0.1) is 0 Å². The summed E-state index contributed by atoms with van der Waals surface area (Å²) in [6.45, 7) is 1.49. The van der Waals surface area contributed by atoms with Gasteiger partial charge in [0.1, 0.15) is 0 Å². The number of carbonyl (C=O) groups excluding carboxylic acids is 1. The van der Waals surface area contributed by atoms with E-state index in [-0.39, 0.29) is 6.03 Å². The number of carbonyl (C=O) groups is 1. The zero-order valence-electron chi connectivity index (χ0n) is 14.3. The Morgan fingerprint density at radius 1 is 1.16 bits per heavy atom. The van der Waals surface area contributed by atoms with Crippen molar-refractivity contribution in [2.24, 2.45) is 0 Å². The maximum atomic E-state index is 12.2. The van der Waals surface area contributed by atoms with Crippen molar-refractivity contribution in [3.8, 4) is 11.5 Å². The van der Waals surface area contributed by atoms with Gasteiger partial charge in [0.2, 0.25) is 0 Å². The third-order valence-corrected chi connectivity index (χ3v) is 4.07. The highest BCUT2D eigenvalue weighted by molar-refractivity contribution is 5.99. The van der Waals surface area contributed by atoms with Crippen LogP contribution < -0.4 is 20.1 Å². The molecule has 0 bridgehead atoms. The Bertz CT molecular complexity index is 725. The summed E-state index contributed by atoms with van der Waals surface area (Å²) in [5.41, 5.74) is 1.25. The molecule has 1 fully saturated rings. The Morgan fingerprint density at radius 3 is 2.60 bits per heavy atom. The molecular weight excluding hydrogens is 324 g/mol. The van der Waals surface area contributed by atoms with Crippen molar-refractivity contribution in [2.45, 2.75) is 18.9 Å². The first-order chi connectivity index (χ1) is 12.2. The predicted octanol–water partition coefficient (Wildman–Crippen LogP) is 2.90. The number of hydrogen-bond acceptors (Lipinski definition) is 5. The average molecular weight is 346 g/mol. The monoisotopic (exact) mass is 346 g/mol. The van der Waals surface area contributed by atoms with Gasteiger partial charge >= 0.3 is 6.03 Å². The molecule has 2 aromatic rings. The Hall–Kier alpha value is -2.74. The Morgan fingerprint density at radius 2 is 1.88 bits per heavy atom. The molecule has 134 valence electrons. The highest BCUT2D eigenvalue weighted by Crippen LogP contribution is 2.29. The van der Waals surface area contributed by atoms with Crippen LogP contribution in [0.25, 0.3) is 0 Å². The zero-order chi connectivity index (χ0) is 17.6. The fraction of sp³-hybridized carbons (Fsp3) is 0.412. The minimum Gasteiger partial charge on any atom is -0.493 e. The maximum Gasteiger partial charge on any atom is 0.323 e. The highest BCUT2D eigenvalue weighted by atomic mass is 16.5. The Kier molecular flexibility index (Phi) is 5.39. The molecule has 8 nitrogen and oxygen atoms in total. The molecule has 1 aromatic carbocycles. The van der Waals surface area contributed by atoms with Gasteiger partial charge in [0, 0.05) is 31.2 Å². The molecule has 2 amide bonds. The lowest BCUT2D eigenvalue weighted by atomic mass is 10.1. The van der Waals surface area contributed by atoms with Gasteiger partial charge in [-0.3, -0.25) is 4.68 Å². The largest absolute Gasteiger partial charge is 0.493 e. The summed E-state index contributed by atoms with van der Waals surface area (Å²) in [5.74, 6) is 1.15. The van der Waals surface area contributed by atoms with E-state index in [2.05, 4.69) is 15.7 Å². The molecule has 0 spiro atoms. The lowest BCUT2D eigenvalue weighted by Gasteiger charge is -2.22. The van der Waals surface area contributed by atoms with E-state index < -0.39 is 0 Å². The van der Waals surface area contributed by atoms with Crippen molar-refractivity contribution < 1.29 is 19.0 Å². The first-order valence-corrected chi connectivity index (χ1v) is 8.11. The van der Waals surface area contributed by atoms with Crippen molar-refractivity contribution in [3.05, 3.63) is 30.6 Å². The minimum atomic E-state index is -0.348. The SMILES string of the molecule is COc1ccc(NC(=O)Nc2cnn(C3CCOCC3)c2)cc1OC. The number of methoxy groups -OCH3 is 2. The second-order valence-electron chi connectivity index (χ2n) is 5.70. The van der Waals surface area contributed by atoms with Gasteiger partial charge in [0.05, 0.1) is 32.1 Å². The molecule has 1 aliphatic rings. The number of nitrogens with zero attached hydrogens (tertiary/aromatic N) is 2. The van der Waals surface area contributed by atoms with Gasteiger partial charge in [0.25, 0.3) is 0 Å². The van der Waals surface area contributed by atoms with Gasteiger partial charge in [-0.1, -0.05) is 0 Å². The lowest BCUT2D eigenvalue weighted by molar-refractivity contribution is 0.0662. The fourth-order valence-electron chi connectivity index (χ4n) is 2.76. The third-order valence-electron chi connectivity index (χ3n) is 4.07. The van der Waals surface area contributed by atoms with E-state index in [4.69, 9.17) is 14.2 Å². The molecule has 0 saturated carbocycles. The summed E-state index contributed by atoms with van der Waals surface area (Å²) in [7, 11) is 3.11. The third kappa shape index (κ3) is 4.21. The summed E-state index contributed by atoms with van der Waals surface area (Å²) >= 11 is 0. The number of hydrogen-bond donors (Lipinski definition) is 2. The van der Waals surface area contributed by atoms with Crippen LogP contribution >= 0.6 is 0 Å². The molecule has 8 heteroatoms. The Labute approximate surface area is 146 Å². The number of ether oxygens (including phenoxy) is 3. The molecule has 1 aromatic heterocycles. The summed E-state index contributed by atoms with van der Waals surface area (Å²) in [4.78, 5) is 12.2. The van der Waals surface area contributed by atoms with Crippen molar-refractivity contribution in [2.75, 3.05) is 38.1 Å². The van der Waals surface area contributed by atoms with Crippen LogP contribution in [0.15, 0.2) is 30.6 Å². The molecule has 0 unspecified atom stereocenters. The van der Waals surface area contributed by atoms with E-state index in [1.807, 2.05) is 10.9 Å². The maximum absolute atomic E-state index is 12.2. The number of rotatable bonds is 5. The molecule has 0 aliphatic carbocycles. The van der Waals surface area contributed by atoms with E-state index >= 15 is 0 Å². The second-order valence-corrected chi connectivity index (χ2v) is 5.70. The molecule has 2 heterocycles. The van der Waals surface area contributed by atoms with E-state index in [1.165, 1.54) is 0 Å². The molecule has 25 heavy (non-hydrogen) atoms. The molecule has 0 radical (unpaired) electrons. The molecule has 1 saturated heterocycles. The van der Waals surface area contributed by atoms with Crippen molar-refractivity contribution in [1.82, 2.24) is 9.78 Å². The van der Waals surface area contributed by atoms with E-state index in [9.17, 15) is 4.79 Å². The van der Waals surface area contributed by atoms with Gasteiger partial charge in [-0.2, -0.15) is 5.10 Å². The van der Waals surface area contributed by atoms with Crippen LogP contribution in [0.4, 0.5) is 16.2 Å². The number of amides is 2. The smallest absolute Gasteiger partial charge is 0.323 e. The molecule has 0 atom stereocenters. The number of benzene rings is 1. The van der Waals surface area contributed by atoms with Gasteiger partial charge < -0.3 is 24.8 Å². The van der Waals surface area contributed by atoms with Crippen molar-refractivity contribution >= 4 is 17.4 Å². The number of nitrogens with one attached hydrogen (secondary N) is 2. The summed E-state index contributed by atoms with van der Waals surface area (Å²) in [5, 5.41) is 9.87. The van der Waals surface area contributed by atoms with Crippen LogP contribution in [0.1, 0.15) is 18.9 Å². The number of urea groups is 1. The summed E-state index contributed by atoms with van der Waals surface area (Å²) < 4.78 is 17.6. The highest BCUT2D eigenvalue weighted by Gasteiger charge is 2.17. The van der Waals surface area contributed by atoms with Crippen LogP contribution in [-0.2, 0) is 4.74 Å². The normalized spacial score (nSPS) is 14.8. The van der Waals surface area contributed by atoms with E-state index in [1.54, 1.807) is 38.6 Å². The molecule has 3 rings (SSSR count). The summed E-state index contributed by atoms with van der Waals surface area (Å²) in [6, 6.07) is 5.14. The fourth-order valence-corrected chi connectivity index (χ4v) is 2.76. The zero-order valence-corrected chi connectivity index (χ0v) is 14.3. The van der Waals surface area contributed by atoms with Crippen molar-refractivity contribution in [3.63, 3.8) is 0 Å². The predicted molar refractivity (Wildman–Crippen MR) is 93.5 cm³/mol. The molecule has 2 N–H and O–H groups in total. The average Bonchev–Trinajstić information content (AvgIpc) is 3.10. The second kappa shape index (κ2) is 7.89. The molecular formula is C17H22N4O4. The quantitative estimate of drug-likeness (QED) is 0.869. The summed E-state index contributed by atoms with van der Waals surface area (Å²) in [6.07, 6.45) is 5.34. The number of aromatic nitrogens is 2. The minimum absolute atomic E-state index is 0.318. The van der Waals surface area contributed by atoms with Crippen LogP contribution in [0.5, 0.6) is 11.5 Å². The standard InChI is InChI=1S/C17H22N4O4/c1-23-15-4-3-12(9-16(15)24-2)19-17(22)20-13-10-18-21(11-13)14-5-7-25-8-6-14/h3-4,9-11,14H,5-8H2,1-2H3,(H2,19,20,22). The van der Waals surface area contributed by atoms with E-state index in [0.29, 0.717) is 28.9 Å². The van der Waals surface area contributed by atoms with Gasteiger partial charge in [-0.05, 0) is 25.0 Å². The topological polar surface area (TPSA) is 86.6 Å². The van der Waals surface area contributed by atoms with Gasteiger partial charge in [-0.25, -0.2) is 4.79 Å². The van der Waals surface area contributed by atoms with Crippen LogP contribution in [0.2, 0.25) is 0 Å².